The van der Waals surface area contributed by atoms with E-state index in [1.807, 2.05) is 0 Å². The topological polar surface area (TPSA) is 20.3 Å². The molecule has 0 amide bonds. The Kier molecular flexibility index (Phi) is 5.51. The number of hydrogen-bond donors (Lipinski definition) is 0. The summed E-state index contributed by atoms with van der Waals surface area (Å²) < 4.78 is 24.1. The average Bonchev–Trinajstić information content (AvgIpc) is 2.25. The van der Waals surface area contributed by atoms with Gasteiger partial charge in [-0.15, -0.1) is 0 Å². The smallest absolute Gasteiger partial charge is 0.251 e. The first-order chi connectivity index (χ1) is 7.99. The number of benzene rings is 1. The van der Waals surface area contributed by atoms with Gasteiger partial charge in [-0.05, 0) is 19.2 Å². The predicted octanol–water partition coefficient (Wildman–Crippen LogP) is 3.11. The number of hydrogen-bond acceptors (Lipinski definition) is 2. The Labute approximate surface area is 104 Å². The molecule has 0 radical (unpaired) electrons. The van der Waals surface area contributed by atoms with Crippen LogP contribution in [-0.4, -0.2) is 37.2 Å². The van der Waals surface area contributed by atoms with E-state index in [1.54, 1.807) is 31.3 Å². The van der Waals surface area contributed by atoms with E-state index in [0.29, 0.717) is 17.1 Å². The van der Waals surface area contributed by atoms with Gasteiger partial charge in [0.1, 0.15) is 0 Å². The summed E-state index contributed by atoms with van der Waals surface area (Å²) in [4.78, 5) is 13.2. The van der Waals surface area contributed by atoms with Crippen LogP contribution < -0.4 is 0 Å². The molecule has 0 atom stereocenters. The lowest BCUT2D eigenvalue weighted by Gasteiger charge is -2.15. The summed E-state index contributed by atoms with van der Waals surface area (Å²) in [6.45, 7) is -0.00148. The second-order valence-corrected chi connectivity index (χ2v) is 4.27. The Morgan fingerprint density at radius 3 is 2.76 bits per heavy atom. The highest BCUT2D eigenvalue weighted by molar-refractivity contribution is 6.31. The molecule has 5 heteroatoms. The third kappa shape index (κ3) is 5.24. The van der Waals surface area contributed by atoms with Crippen LogP contribution in [0.15, 0.2) is 24.3 Å². The number of carbonyl (C=O) groups excluding carboxylic acids is 1. The van der Waals surface area contributed by atoms with Crippen LogP contribution in [0.3, 0.4) is 0 Å². The number of rotatable bonds is 6. The number of ketones is 1. The van der Waals surface area contributed by atoms with Gasteiger partial charge in [-0.1, -0.05) is 23.7 Å². The maximum Gasteiger partial charge on any atom is 0.251 e. The van der Waals surface area contributed by atoms with E-state index in [4.69, 9.17) is 11.6 Å². The van der Waals surface area contributed by atoms with Crippen molar-refractivity contribution in [3.05, 3.63) is 34.9 Å². The Hall–Kier alpha value is -1.00. The maximum atomic E-state index is 12.0. The average molecular weight is 262 g/mol. The van der Waals surface area contributed by atoms with Gasteiger partial charge in [-0.2, -0.15) is 0 Å². The summed E-state index contributed by atoms with van der Waals surface area (Å²) in [6, 6.07) is 6.62. The Bertz CT molecular complexity index is 385. The Balaban J connectivity index is 2.45. The van der Waals surface area contributed by atoms with Crippen LogP contribution in [0, 0.1) is 0 Å². The minimum Gasteiger partial charge on any atom is -0.300 e. The zero-order valence-corrected chi connectivity index (χ0v) is 10.3. The fourth-order valence-electron chi connectivity index (χ4n) is 1.43. The molecular formula is C12H14ClF2NO. The summed E-state index contributed by atoms with van der Waals surface area (Å²) in [7, 11) is 1.57. The van der Waals surface area contributed by atoms with E-state index < -0.39 is 6.43 Å². The molecule has 0 heterocycles. The summed E-state index contributed by atoms with van der Waals surface area (Å²) in [5, 5.41) is 0.497. The van der Waals surface area contributed by atoms with Gasteiger partial charge in [0.25, 0.3) is 6.43 Å². The van der Waals surface area contributed by atoms with Crippen molar-refractivity contribution >= 4 is 17.4 Å². The fourth-order valence-corrected chi connectivity index (χ4v) is 1.62. The molecule has 0 bridgehead atoms. The quantitative estimate of drug-likeness (QED) is 0.734. The van der Waals surface area contributed by atoms with Crippen molar-refractivity contribution in [2.75, 3.05) is 20.1 Å². The van der Waals surface area contributed by atoms with Crippen LogP contribution in [0.4, 0.5) is 8.78 Å². The molecule has 0 fully saturated rings. The van der Waals surface area contributed by atoms with Crippen LogP contribution in [-0.2, 0) is 0 Å². The third-order valence-corrected chi connectivity index (χ3v) is 2.55. The van der Waals surface area contributed by atoms with Gasteiger partial charge in [0, 0.05) is 23.6 Å². The molecule has 94 valence electrons. The molecule has 0 N–H and O–H groups in total. The normalized spacial score (nSPS) is 11.2. The molecule has 2 nitrogen and oxygen atoms in total. The van der Waals surface area contributed by atoms with Crippen molar-refractivity contribution in [1.29, 1.82) is 0 Å². The molecule has 0 aliphatic carbocycles. The van der Waals surface area contributed by atoms with Crippen LogP contribution in [0.25, 0.3) is 0 Å². The first-order valence-electron chi connectivity index (χ1n) is 5.24. The third-order valence-electron chi connectivity index (χ3n) is 2.32. The van der Waals surface area contributed by atoms with Crippen LogP contribution in [0.5, 0.6) is 0 Å². The van der Waals surface area contributed by atoms with E-state index in [0.717, 1.165) is 0 Å². The lowest BCUT2D eigenvalue weighted by atomic mass is 10.1. The number of carbonyl (C=O) groups is 1. The fraction of sp³-hybridized carbons (Fsp3) is 0.417. The Morgan fingerprint density at radius 1 is 1.47 bits per heavy atom. The number of Topliss-reactive ketones (excluding diaryl/α,β-unsaturated/α-hetero) is 1. The zero-order valence-electron chi connectivity index (χ0n) is 9.50. The maximum absolute atomic E-state index is 12.0. The van der Waals surface area contributed by atoms with E-state index >= 15 is 0 Å². The van der Waals surface area contributed by atoms with Gasteiger partial charge >= 0.3 is 0 Å². The minimum absolute atomic E-state index is 0.0892. The minimum atomic E-state index is -2.37. The van der Waals surface area contributed by atoms with Crippen LogP contribution in [0.2, 0.25) is 5.02 Å². The molecule has 0 saturated carbocycles. The van der Waals surface area contributed by atoms with Crippen LogP contribution in [0.1, 0.15) is 16.8 Å². The van der Waals surface area contributed by atoms with Crippen LogP contribution >= 0.6 is 11.6 Å². The van der Waals surface area contributed by atoms with Crippen molar-refractivity contribution in [2.24, 2.45) is 0 Å². The summed E-state index contributed by atoms with van der Waals surface area (Å²) in [6.07, 6.45) is -2.16. The molecule has 1 aromatic rings. The van der Waals surface area contributed by atoms with E-state index in [1.165, 1.54) is 4.90 Å². The molecule has 1 aromatic carbocycles. The standard InChI is InChI=1S/C12H14ClF2NO/c1-16(8-12(14)15)6-5-11(17)9-3-2-4-10(13)7-9/h2-4,7,12H,5-6,8H2,1H3. The Morgan fingerprint density at radius 2 is 2.18 bits per heavy atom. The monoisotopic (exact) mass is 261 g/mol. The molecular weight excluding hydrogens is 248 g/mol. The zero-order chi connectivity index (χ0) is 12.8. The van der Waals surface area contributed by atoms with Gasteiger partial charge in [0.2, 0.25) is 0 Å². The molecule has 1 rings (SSSR count). The second kappa shape index (κ2) is 6.67. The number of alkyl halides is 2. The number of nitrogens with zero attached hydrogens (tertiary/aromatic N) is 1. The summed E-state index contributed by atoms with van der Waals surface area (Å²) in [5.41, 5.74) is 0.517. The first kappa shape index (κ1) is 14.1. The van der Waals surface area contributed by atoms with Crippen molar-refractivity contribution in [3.8, 4) is 0 Å². The van der Waals surface area contributed by atoms with Crippen molar-refractivity contribution in [1.82, 2.24) is 4.90 Å². The molecule has 17 heavy (non-hydrogen) atoms. The van der Waals surface area contributed by atoms with Gasteiger partial charge in [-0.3, -0.25) is 4.79 Å². The highest BCUT2D eigenvalue weighted by Crippen LogP contribution is 2.12. The molecule has 0 aliphatic heterocycles. The summed E-state index contributed by atoms with van der Waals surface area (Å²) in [5.74, 6) is -0.0892. The molecule has 0 aromatic heterocycles. The largest absolute Gasteiger partial charge is 0.300 e. The highest BCUT2D eigenvalue weighted by atomic mass is 35.5. The molecule has 0 spiro atoms. The van der Waals surface area contributed by atoms with E-state index in [2.05, 4.69) is 0 Å². The molecule has 0 unspecified atom stereocenters. The van der Waals surface area contributed by atoms with Gasteiger partial charge in [-0.25, -0.2) is 8.78 Å². The molecule has 0 saturated heterocycles. The highest BCUT2D eigenvalue weighted by Gasteiger charge is 2.11. The first-order valence-corrected chi connectivity index (χ1v) is 5.62. The lowest BCUT2D eigenvalue weighted by molar-refractivity contribution is 0.0881. The summed E-state index contributed by atoms with van der Waals surface area (Å²) >= 11 is 5.76. The lowest BCUT2D eigenvalue weighted by Crippen LogP contribution is -2.27. The molecule has 0 aliphatic rings. The van der Waals surface area contributed by atoms with Gasteiger partial charge < -0.3 is 4.90 Å². The van der Waals surface area contributed by atoms with Gasteiger partial charge in [0.15, 0.2) is 5.78 Å². The van der Waals surface area contributed by atoms with Gasteiger partial charge in [0.05, 0.1) is 6.54 Å². The SMILES string of the molecule is CN(CCC(=O)c1cccc(Cl)c1)CC(F)F. The number of halogens is 3. The van der Waals surface area contributed by atoms with E-state index in [9.17, 15) is 13.6 Å². The van der Waals surface area contributed by atoms with Crippen molar-refractivity contribution < 1.29 is 13.6 Å². The van der Waals surface area contributed by atoms with E-state index in [-0.39, 0.29) is 18.7 Å². The predicted molar refractivity (Wildman–Crippen MR) is 63.9 cm³/mol. The second-order valence-electron chi connectivity index (χ2n) is 3.84. The van der Waals surface area contributed by atoms with Crippen molar-refractivity contribution in [2.45, 2.75) is 12.8 Å². The van der Waals surface area contributed by atoms with Crippen molar-refractivity contribution in [3.63, 3.8) is 0 Å².